The molecule has 2 saturated carbocycles. The van der Waals surface area contributed by atoms with Crippen LogP contribution in [-0.2, 0) is 6.54 Å². The molecule has 2 N–H and O–H groups in total. The van der Waals surface area contributed by atoms with Gasteiger partial charge in [-0.25, -0.2) is 4.98 Å². The summed E-state index contributed by atoms with van der Waals surface area (Å²) in [6, 6.07) is 14.8. The number of hydrogen-bond acceptors (Lipinski definition) is 3. The highest BCUT2D eigenvalue weighted by molar-refractivity contribution is 5.97. The van der Waals surface area contributed by atoms with Crippen LogP contribution in [0.25, 0.3) is 0 Å². The molecule has 138 valence electrons. The number of carbonyl (C=O) groups excluding carboxylic acids is 1. The minimum atomic E-state index is 0. The van der Waals surface area contributed by atoms with Crippen LogP contribution in [0.5, 0.6) is 0 Å². The van der Waals surface area contributed by atoms with Gasteiger partial charge in [-0.05, 0) is 67.6 Å². The molecule has 0 saturated heterocycles. The van der Waals surface area contributed by atoms with Crippen LogP contribution in [0.3, 0.4) is 0 Å². The zero-order valence-corrected chi connectivity index (χ0v) is 15.9. The SMILES string of the molecule is Cl.NCc1ccc(C2CC2)c(C(=O)C2CCC(c3ccccc3)CC2)n1. The lowest BCUT2D eigenvalue weighted by Crippen LogP contribution is -2.23. The Morgan fingerprint density at radius 2 is 1.58 bits per heavy atom. The molecule has 1 aromatic carbocycles. The molecule has 26 heavy (non-hydrogen) atoms. The van der Waals surface area contributed by atoms with Gasteiger partial charge in [0.2, 0.25) is 0 Å². The largest absolute Gasteiger partial charge is 0.325 e. The zero-order valence-electron chi connectivity index (χ0n) is 15.1. The average molecular weight is 371 g/mol. The Bertz CT molecular complexity index is 750. The predicted octanol–water partition coefficient (Wildman–Crippen LogP) is 5.00. The second-order valence-electron chi connectivity index (χ2n) is 7.54. The fourth-order valence-electron chi connectivity index (χ4n) is 4.15. The zero-order chi connectivity index (χ0) is 17.2. The van der Waals surface area contributed by atoms with E-state index < -0.39 is 0 Å². The number of ketones is 1. The summed E-state index contributed by atoms with van der Waals surface area (Å²) < 4.78 is 0. The van der Waals surface area contributed by atoms with Gasteiger partial charge in [0.05, 0.1) is 5.69 Å². The first-order valence-electron chi connectivity index (χ1n) is 9.55. The van der Waals surface area contributed by atoms with E-state index in [9.17, 15) is 4.79 Å². The van der Waals surface area contributed by atoms with Gasteiger partial charge < -0.3 is 5.73 Å². The summed E-state index contributed by atoms with van der Waals surface area (Å²) in [7, 11) is 0. The van der Waals surface area contributed by atoms with Crippen LogP contribution in [0.15, 0.2) is 42.5 Å². The minimum absolute atomic E-state index is 0. The first kappa shape index (κ1) is 19.1. The number of hydrogen-bond donors (Lipinski definition) is 1. The van der Waals surface area contributed by atoms with Gasteiger partial charge in [-0.1, -0.05) is 36.4 Å². The molecule has 2 aliphatic rings. The molecule has 0 radical (unpaired) electrons. The summed E-state index contributed by atoms with van der Waals surface area (Å²) in [6.45, 7) is 0.395. The first-order valence-corrected chi connectivity index (χ1v) is 9.55. The molecule has 0 spiro atoms. The van der Waals surface area contributed by atoms with Crippen molar-refractivity contribution in [3.63, 3.8) is 0 Å². The first-order chi connectivity index (χ1) is 12.3. The Morgan fingerprint density at radius 1 is 0.923 bits per heavy atom. The number of nitrogens with two attached hydrogens (primary N) is 1. The van der Waals surface area contributed by atoms with Crippen molar-refractivity contribution in [2.45, 2.75) is 56.9 Å². The lowest BCUT2D eigenvalue weighted by Gasteiger charge is -2.28. The maximum Gasteiger partial charge on any atom is 0.184 e. The Labute approximate surface area is 161 Å². The number of aromatic nitrogens is 1. The van der Waals surface area contributed by atoms with Crippen molar-refractivity contribution in [3.8, 4) is 0 Å². The molecular weight excluding hydrogens is 344 g/mol. The molecule has 1 aromatic heterocycles. The topological polar surface area (TPSA) is 56.0 Å². The van der Waals surface area contributed by atoms with E-state index in [1.807, 2.05) is 6.07 Å². The number of pyridine rings is 1. The van der Waals surface area contributed by atoms with E-state index in [1.54, 1.807) is 0 Å². The van der Waals surface area contributed by atoms with Gasteiger partial charge >= 0.3 is 0 Å². The molecule has 1 heterocycles. The van der Waals surface area contributed by atoms with Crippen LogP contribution in [-0.4, -0.2) is 10.8 Å². The number of rotatable bonds is 5. The Hall–Kier alpha value is -1.71. The molecule has 0 amide bonds. The van der Waals surface area contributed by atoms with Gasteiger partial charge in [0, 0.05) is 12.5 Å². The summed E-state index contributed by atoms with van der Waals surface area (Å²) >= 11 is 0. The van der Waals surface area contributed by atoms with Crippen molar-refractivity contribution < 1.29 is 4.79 Å². The molecule has 0 atom stereocenters. The van der Waals surface area contributed by atoms with Crippen LogP contribution in [0, 0.1) is 5.92 Å². The van der Waals surface area contributed by atoms with Gasteiger partial charge in [-0.3, -0.25) is 4.79 Å². The number of benzene rings is 1. The summed E-state index contributed by atoms with van der Waals surface area (Å²) in [5.41, 5.74) is 9.86. The van der Waals surface area contributed by atoms with Crippen molar-refractivity contribution in [1.29, 1.82) is 0 Å². The Kier molecular flexibility index (Phi) is 6.10. The molecule has 0 aliphatic heterocycles. The van der Waals surface area contributed by atoms with Crippen molar-refractivity contribution in [2.75, 3.05) is 0 Å². The van der Waals surface area contributed by atoms with Crippen LogP contribution in [0.1, 0.15) is 77.7 Å². The molecule has 2 aromatic rings. The van der Waals surface area contributed by atoms with E-state index in [0.29, 0.717) is 24.1 Å². The van der Waals surface area contributed by atoms with Gasteiger partial charge in [-0.15, -0.1) is 12.4 Å². The summed E-state index contributed by atoms with van der Waals surface area (Å²) in [6.07, 6.45) is 6.49. The fourth-order valence-corrected chi connectivity index (χ4v) is 4.15. The quantitative estimate of drug-likeness (QED) is 0.754. The maximum atomic E-state index is 13.2. The van der Waals surface area contributed by atoms with Crippen molar-refractivity contribution >= 4 is 18.2 Å². The van der Waals surface area contributed by atoms with E-state index in [0.717, 1.165) is 36.9 Å². The van der Waals surface area contributed by atoms with Gasteiger partial charge in [0.25, 0.3) is 0 Å². The molecule has 2 fully saturated rings. The number of halogens is 1. The summed E-state index contributed by atoms with van der Waals surface area (Å²) in [4.78, 5) is 17.8. The Morgan fingerprint density at radius 3 is 2.19 bits per heavy atom. The van der Waals surface area contributed by atoms with E-state index in [-0.39, 0.29) is 24.1 Å². The standard InChI is InChI=1S/C22H26N2O.ClH/c23-14-19-12-13-20(17-8-9-17)21(24-19)22(25)18-10-6-16(7-11-18)15-4-2-1-3-5-15;/h1-5,12-13,16-18H,6-11,14,23H2;1H. The maximum absolute atomic E-state index is 13.2. The number of carbonyl (C=O) groups is 1. The highest BCUT2D eigenvalue weighted by Gasteiger charge is 2.33. The van der Waals surface area contributed by atoms with Gasteiger partial charge in [-0.2, -0.15) is 0 Å². The normalized spacial score (nSPS) is 22.5. The highest BCUT2D eigenvalue weighted by atomic mass is 35.5. The van der Waals surface area contributed by atoms with Crippen LogP contribution in [0.4, 0.5) is 0 Å². The summed E-state index contributed by atoms with van der Waals surface area (Å²) in [5.74, 6) is 1.51. The average Bonchev–Trinajstić information content (AvgIpc) is 3.53. The molecule has 0 unspecified atom stereocenters. The fraction of sp³-hybridized carbons (Fsp3) is 0.455. The number of Topliss-reactive ketones (excluding diaryl/α,β-unsaturated/α-hetero) is 1. The monoisotopic (exact) mass is 370 g/mol. The van der Waals surface area contributed by atoms with Crippen LogP contribution in [0.2, 0.25) is 0 Å². The van der Waals surface area contributed by atoms with Crippen LogP contribution < -0.4 is 5.73 Å². The van der Waals surface area contributed by atoms with E-state index in [4.69, 9.17) is 5.73 Å². The van der Waals surface area contributed by atoms with Gasteiger partial charge in [0.15, 0.2) is 5.78 Å². The summed E-state index contributed by atoms with van der Waals surface area (Å²) in [5, 5.41) is 0. The molecule has 0 bridgehead atoms. The second kappa shape index (κ2) is 8.32. The third-order valence-electron chi connectivity index (χ3n) is 5.81. The lowest BCUT2D eigenvalue weighted by atomic mass is 9.76. The smallest absolute Gasteiger partial charge is 0.184 e. The second-order valence-corrected chi connectivity index (χ2v) is 7.54. The third-order valence-corrected chi connectivity index (χ3v) is 5.81. The van der Waals surface area contributed by atoms with Crippen LogP contribution >= 0.6 is 12.4 Å². The van der Waals surface area contributed by atoms with Crippen molar-refractivity contribution in [3.05, 3.63) is 65.0 Å². The van der Waals surface area contributed by atoms with E-state index in [2.05, 4.69) is 41.4 Å². The Balaban J connectivity index is 0.00000196. The molecule has 4 rings (SSSR count). The van der Waals surface area contributed by atoms with Crippen molar-refractivity contribution in [2.24, 2.45) is 11.7 Å². The highest BCUT2D eigenvalue weighted by Crippen LogP contribution is 2.43. The predicted molar refractivity (Wildman–Crippen MR) is 107 cm³/mol. The minimum Gasteiger partial charge on any atom is -0.325 e. The van der Waals surface area contributed by atoms with Crippen molar-refractivity contribution in [1.82, 2.24) is 4.98 Å². The molecule has 4 heteroatoms. The van der Waals surface area contributed by atoms with E-state index >= 15 is 0 Å². The number of nitrogens with zero attached hydrogens (tertiary/aromatic N) is 1. The third kappa shape index (κ3) is 3.99. The molecule has 3 nitrogen and oxygen atoms in total. The lowest BCUT2D eigenvalue weighted by molar-refractivity contribution is 0.0877. The van der Waals surface area contributed by atoms with E-state index in [1.165, 1.54) is 18.4 Å². The molecule has 2 aliphatic carbocycles. The van der Waals surface area contributed by atoms with Gasteiger partial charge in [0.1, 0.15) is 5.69 Å². The molecular formula is C22H27ClN2O.